The number of aromatic hydroxyl groups is 1. The SMILES string of the molecule is O=C(NNC(=S)Nc1cc([N+](=O)[O-])ccc1Cl)c1cc(Cl)ccc1O. The number of hydrogen-bond acceptors (Lipinski definition) is 5. The van der Waals surface area contributed by atoms with Gasteiger partial charge >= 0.3 is 0 Å². The van der Waals surface area contributed by atoms with Crippen molar-refractivity contribution in [1.82, 2.24) is 10.9 Å². The molecule has 0 aliphatic carbocycles. The van der Waals surface area contributed by atoms with Gasteiger partial charge in [0.1, 0.15) is 5.75 Å². The molecule has 0 radical (unpaired) electrons. The Labute approximate surface area is 156 Å². The van der Waals surface area contributed by atoms with E-state index in [9.17, 15) is 20.0 Å². The number of nitro groups is 1. The summed E-state index contributed by atoms with van der Waals surface area (Å²) in [5.74, 6) is -0.946. The third kappa shape index (κ3) is 4.92. The number of amides is 1. The van der Waals surface area contributed by atoms with E-state index < -0.39 is 10.8 Å². The Hall–Kier alpha value is -2.62. The second kappa shape index (κ2) is 7.97. The Morgan fingerprint density at radius 2 is 1.88 bits per heavy atom. The topological polar surface area (TPSA) is 117 Å². The van der Waals surface area contributed by atoms with Gasteiger partial charge in [-0.2, -0.15) is 0 Å². The van der Waals surface area contributed by atoms with Crippen molar-refractivity contribution in [2.24, 2.45) is 0 Å². The first-order chi connectivity index (χ1) is 11.8. The average Bonchev–Trinajstić information content (AvgIpc) is 2.56. The van der Waals surface area contributed by atoms with E-state index >= 15 is 0 Å². The summed E-state index contributed by atoms with van der Waals surface area (Å²) in [6.45, 7) is 0. The number of phenolic OH excluding ortho intramolecular Hbond substituents is 1. The molecule has 130 valence electrons. The number of benzene rings is 2. The third-order valence-corrected chi connectivity index (χ3v) is 3.67. The summed E-state index contributed by atoms with van der Waals surface area (Å²) >= 11 is 16.7. The number of carbonyl (C=O) groups is 1. The van der Waals surface area contributed by atoms with Gasteiger partial charge in [0.05, 0.1) is 21.2 Å². The number of nitro benzene ring substituents is 1. The Bertz CT molecular complexity index is 863. The molecule has 2 aromatic carbocycles. The average molecular weight is 401 g/mol. The van der Waals surface area contributed by atoms with Gasteiger partial charge in [-0.3, -0.25) is 25.8 Å². The summed E-state index contributed by atoms with van der Waals surface area (Å²) in [4.78, 5) is 22.2. The molecular weight excluding hydrogens is 391 g/mol. The van der Waals surface area contributed by atoms with Gasteiger partial charge in [0, 0.05) is 17.2 Å². The molecule has 1 amide bonds. The Morgan fingerprint density at radius 1 is 1.16 bits per heavy atom. The molecule has 0 spiro atoms. The zero-order chi connectivity index (χ0) is 18.6. The normalized spacial score (nSPS) is 10.0. The number of hydrogen-bond donors (Lipinski definition) is 4. The van der Waals surface area contributed by atoms with Gasteiger partial charge in [-0.05, 0) is 36.5 Å². The minimum atomic E-state index is -0.686. The fourth-order valence-electron chi connectivity index (χ4n) is 1.75. The van der Waals surface area contributed by atoms with Crippen LogP contribution < -0.4 is 16.2 Å². The zero-order valence-corrected chi connectivity index (χ0v) is 14.6. The lowest BCUT2D eigenvalue weighted by molar-refractivity contribution is -0.384. The maximum atomic E-state index is 12.0. The monoisotopic (exact) mass is 400 g/mol. The van der Waals surface area contributed by atoms with Crippen molar-refractivity contribution in [3.05, 3.63) is 62.1 Å². The lowest BCUT2D eigenvalue weighted by atomic mass is 10.2. The van der Waals surface area contributed by atoms with Gasteiger partial charge in [0.2, 0.25) is 0 Å². The predicted molar refractivity (Wildman–Crippen MR) is 98.0 cm³/mol. The molecule has 2 aromatic rings. The third-order valence-electron chi connectivity index (χ3n) is 2.90. The second-order valence-corrected chi connectivity index (χ2v) is 5.87. The molecule has 0 bridgehead atoms. The molecule has 0 heterocycles. The molecule has 0 aliphatic heterocycles. The van der Waals surface area contributed by atoms with E-state index in [0.717, 1.165) is 0 Å². The zero-order valence-electron chi connectivity index (χ0n) is 12.2. The summed E-state index contributed by atoms with van der Waals surface area (Å²) in [6, 6.07) is 7.76. The second-order valence-electron chi connectivity index (χ2n) is 4.62. The van der Waals surface area contributed by atoms with E-state index in [1.807, 2.05) is 0 Å². The Kier molecular flexibility index (Phi) is 5.97. The lowest BCUT2D eigenvalue weighted by Gasteiger charge is -2.13. The Balaban J connectivity index is 2.01. The van der Waals surface area contributed by atoms with E-state index in [1.54, 1.807) is 0 Å². The number of nitrogens with zero attached hydrogens (tertiary/aromatic N) is 1. The highest BCUT2D eigenvalue weighted by atomic mass is 35.5. The molecule has 0 aromatic heterocycles. The Morgan fingerprint density at radius 3 is 2.56 bits per heavy atom. The van der Waals surface area contributed by atoms with Crippen LogP contribution in [0.2, 0.25) is 10.0 Å². The van der Waals surface area contributed by atoms with Crippen LogP contribution in [0, 0.1) is 10.1 Å². The van der Waals surface area contributed by atoms with Crippen molar-refractivity contribution in [2.75, 3.05) is 5.32 Å². The van der Waals surface area contributed by atoms with Crippen LogP contribution in [0.3, 0.4) is 0 Å². The summed E-state index contributed by atoms with van der Waals surface area (Å²) in [5, 5.41) is 23.4. The van der Waals surface area contributed by atoms with Crippen LogP contribution in [0.1, 0.15) is 10.4 Å². The minimum absolute atomic E-state index is 0.0591. The molecule has 0 unspecified atom stereocenters. The first kappa shape index (κ1) is 18.7. The number of halogens is 2. The highest BCUT2D eigenvalue weighted by molar-refractivity contribution is 7.80. The lowest BCUT2D eigenvalue weighted by Crippen LogP contribution is -2.43. The summed E-state index contributed by atoms with van der Waals surface area (Å²) in [7, 11) is 0. The van der Waals surface area contributed by atoms with Crippen LogP contribution in [0.25, 0.3) is 0 Å². The van der Waals surface area contributed by atoms with Gasteiger partial charge in [0.25, 0.3) is 11.6 Å². The summed E-state index contributed by atoms with van der Waals surface area (Å²) < 4.78 is 0. The van der Waals surface area contributed by atoms with E-state index in [-0.39, 0.29) is 37.8 Å². The largest absolute Gasteiger partial charge is 0.507 e. The first-order valence-electron chi connectivity index (χ1n) is 6.57. The van der Waals surface area contributed by atoms with Crippen LogP contribution in [0.5, 0.6) is 5.75 Å². The molecule has 11 heteroatoms. The van der Waals surface area contributed by atoms with Crippen LogP contribution in [-0.2, 0) is 0 Å². The van der Waals surface area contributed by atoms with Crippen LogP contribution in [-0.4, -0.2) is 21.0 Å². The standard InChI is InChI=1S/C14H10Cl2N4O4S/c15-7-1-4-12(21)9(5-7)13(22)18-19-14(25)17-11-6-8(20(23)24)2-3-10(11)16/h1-6,21H,(H,18,22)(H2,17,19,25). The molecule has 0 saturated heterocycles. The van der Waals surface area contributed by atoms with E-state index in [0.29, 0.717) is 0 Å². The maximum Gasteiger partial charge on any atom is 0.273 e. The smallest absolute Gasteiger partial charge is 0.273 e. The maximum absolute atomic E-state index is 12.0. The molecule has 25 heavy (non-hydrogen) atoms. The van der Waals surface area contributed by atoms with Crippen molar-refractivity contribution < 1.29 is 14.8 Å². The molecular formula is C14H10Cl2N4O4S. The van der Waals surface area contributed by atoms with Crippen molar-refractivity contribution in [3.8, 4) is 5.75 Å². The molecule has 8 nitrogen and oxygen atoms in total. The van der Waals surface area contributed by atoms with Crippen molar-refractivity contribution >= 4 is 57.8 Å². The highest BCUT2D eigenvalue weighted by Gasteiger charge is 2.13. The van der Waals surface area contributed by atoms with Gasteiger partial charge in [-0.25, -0.2) is 0 Å². The number of anilines is 1. The summed E-state index contributed by atoms with van der Waals surface area (Å²) in [6.07, 6.45) is 0. The molecule has 0 atom stereocenters. The van der Waals surface area contributed by atoms with Gasteiger partial charge in [0.15, 0.2) is 5.11 Å². The van der Waals surface area contributed by atoms with Gasteiger partial charge < -0.3 is 10.4 Å². The van der Waals surface area contributed by atoms with E-state index in [2.05, 4.69) is 16.2 Å². The fourth-order valence-corrected chi connectivity index (χ4v) is 2.25. The van der Waals surface area contributed by atoms with E-state index in [4.69, 9.17) is 35.4 Å². The van der Waals surface area contributed by atoms with Gasteiger partial charge in [-0.15, -0.1) is 0 Å². The molecule has 4 N–H and O–H groups in total. The van der Waals surface area contributed by atoms with Crippen molar-refractivity contribution in [2.45, 2.75) is 0 Å². The highest BCUT2D eigenvalue weighted by Crippen LogP contribution is 2.26. The number of non-ortho nitro benzene ring substituents is 1. The van der Waals surface area contributed by atoms with E-state index in [1.165, 1.54) is 36.4 Å². The molecule has 0 saturated carbocycles. The minimum Gasteiger partial charge on any atom is -0.507 e. The molecule has 2 rings (SSSR count). The number of hydrazine groups is 1. The first-order valence-corrected chi connectivity index (χ1v) is 7.74. The van der Waals surface area contributed by atoms with Crippen molar-refractivity contribution in [1.29, 1.82) is 0 Å². The molecule has 0 fully saturated rings. The van der Waals surface area contributed by atoms with Gasteiger partial charge in [-0.1, -0.05) is 23.2 Å². The van der Waals surface area contributed by atoms with Crippen LogP contribution >= 0.6 is 35.4 Å². The number of rotatable bonds is 3. The summed E-state index contributed by atoms with van der Waals surface area (Å²) in [5.41, 5.74) is 4.60. The number of thiocarbonyl (C=S) groups is 1. The fraction of sp³-hybridized carbons (Fsp3) is 0. The number of carbonyl (C=O) groups excluding carboxylic acids is 1. The number of phenols is 1. The van der Waals surface area contributed by atoms with Crippen molar-refractivity contribution in [3.63, 3.8) is 0 Å². The predicted octanol–water partition coefficient (Wildman–Crippen LogP) is 3.24. The number of nitrogens with one attached hydrogen (secondary N) is 3. The molecule has 0 aliphatic rings. The quantitative estimate of drug-likeness (QED) is 0.354. The van der Waals surface area contributed by atoms with Crippen LogP contribution in [0.4, 0.5) is 11.4 Å². The van der Waals surface area contributed by atoms with Crippen LogP contribution in [0.15, 0.2) is 36.4 Å².